The highest BCUT2D eigenvalue weighted by atomic mass is 79.9. The van der Waals surface area contributed by atoms with E-state index >= 15 is 0 Å². The Hall–Kier alpha value is -1.88. The summed E-state index contributed by atoms with van der Waals surface area (Å²) in [7, 11) is 0. The SMILES string of the molecule is NN=Cc1ccc(OCc2ccc(Br)cc2F)cc1. The minimum Gasteiger partial charge on any atom is -0.489 e. The van der Waals surface area contributed by atoms with Crippen molar-refractivity contribution < 1.29 is 9.13 Å². The van der Waals surface area contributed by atoms with E-state index in [9.17, 15) is 4.39 Å². The summed E-state index contributed by atoms with van der Waals surface area (Å²) in [5.41, 5.74) is 1.39. The van der Waals surface area contributed by atoms with Crippen molar-refractivity contribution in [3.05, 3.63) is 63.9 Å². The lowest BCUT2D eigenvalue weighted by molar-refractivity contribution is 0.300. The maximum Gasteiger partial charge on any atom is 0.130 e. The van der Waals surface area contributed by atoms with Crippen molar-refractivity contribution in [1.29, 1.82) is 0 Å². The number of rotatable bonds is 4. The first-order valence-corrected chi connectivity index (χ1v) is 6.38. The van der Waals surface area contributed by atoms with Crippen LogP contribution in [0.5, 0.6) is 5.75 Å². The second-order valence-corrected chi connectivity index (χ2v) is 4.79. The molecule has 0 amide bonds. The zero-order valence-corrected chi connectivity index (χ0v) is 11.6. The Kier molecular flexibility index (Phi) is 4.52. The van der Waals surface area contributed by atoms with Crippen molar-refractivity contribution in [2.24, 2.45) is 10.9 Å². The van der Waals surface area contributed by atoms with Crippen LogP contribution in [0.1, 0.15) is 11.1 Å². The third kappa shape index (κ3) is 3.79. The highest BCUT2D eigenvalue weighted by Gasteiger charge is 2.03. The standard InChI is InChI=1S/C14H12BrFN2O/c15-12-4-3-11(14(16)7-12)9-19-13-5-1-10(2-6-13)8-18-17/h1-8H,9,17H2. The van der Waals surface area contributed by atoms with E-state index in [2.05, 4.69) is 21.0 Å². The number of halogens is 2. The highest BCUT2D eigenvalue weighted by Crippen LogP contribution is 2.18. The normalized spacial score (nSPS) is 10.8. The minimum atomic E-state index is -0.290. The van der Waals surface area contributed by atoms with Gasteiger partial charge in [0.25, 0.3) is 0 Å². The van der Waals surface area contributed by atoms with Crippen LogP contribution in [0.2, 0.25) is 0 Å². The molecule has 0 saturated heterocycles. The third-order valence-electron chi connectivity index (χ3n) is 2.51. The molecule has 2 N–H and O–H groups in total. The van der Waals surface area contributed by atoms with Gasteiger partial charge < -0.3 is 10.6 Å². The van der Waals surface area contributed by atoms with Gasteiger partial charge in [-0.15, -0.1) is 0 Å². The fourth-order valence-electron chi connectivity index (χ4n) is 1.54. The summed E-state index contributed by atoms with van der Waals surface area (Å²) < 4.78 is 19.8. The molecule has 0 fully saturated rings. The van der Waals surface area contributed by atoms with Gasteiger partial charge in [-0.1, -0.05) is 22.0 Å². The molecule has 0 unspecified atom stereocenters. The molecule has 2 aromatic carbocycles. The molecule has 5 heteroatoms. The fourth-order valence-corrected chi connectivity index (χ4v) is 1.87. The average molecular weight is 323 g/mol. The number of ether oxygens (including phenoxy) is 1. The Morgan fingerprint density at radius 1 is 1.21 bits per heavy atom. The van der Waals surface area contributed by atoms with E-state index in [1.807, 2.05) is 12.1 Å². The summed E-state index contributed by atoms with van der Waals surface area (Å²) in [5.74, 6) is 5.43. The molecule has 0 atom stereocenters. The van der Waals surface area contributed by atoms with Gasteiger partial charge in [-0.25, -0.2) is 4.39 Å². The number of hydrogen-bond donors (Lipinski definition) is 1. The average Bonchev–Trinajstić information content (AvgIpc) is 2.40. The van der Waals surface area contributed by atoms with Crippen molar-refractivity contribution in [1.82, 2.24) is 0 Å². The van der Waals surface area contributed by atoms with Crippen LogP contribution >= 0.6 is 15.9 Å². The van der Waals surface area contributed by atoms with Gasteiger partial charge in [0.15, 0.2) is 0 Å². The van der Waals surface area contributed by atoms with E-state index in [1.165, 1.54) is 12.3 Å². The van der Waals surface area contributed by atoms with Gasteiger partial charge in [0, 0.05) is 10.0 Å². The van der Waals surface area contributed by atoms with Crippen LogP contribution in [-0.2, 0) is 6.61 Å². The lowest BCUT2D eigenvalue weighted by Crippen LogP contribution is -1.98. The molecule has 0 aliphatic heterocycles. The first-order valence-electron chi connectivity index (χ1n) is 5.59. The van der Waals surface area contributed by atoms with Crippen LogP contribution < -0.4 is 10.6 Å². The zero-order valence-electron chi connectivity index (χ0n) is 10.0. The molecular weight excluding hydrogens is 311 g/mol. The van der Waals surface area contributed by atoms with Gasteiger partial charge in [0.1, 0.15) is 18.2 Å². The molecule has 2 aromatic rings. The van der Waals surface area contributed by atoms with Crippen LogP contribution in [0, 0.1) is 5.82 Å². The third-order valence-corrected chi connectivity index (χ3v) is 3.01. The maximum atomic E-state index is 13.6. The second-order valence-electron chi connectivity index (χ2n) is 3.87. The Balaban J connectivity index is 2.02. The van der Waals surface area contributed by atoms with Crippen molar-refractivity contribution in [3.8, 4) is 5.75 Å². The van der Waals surface area contributed by atoms with Crippen molar-refractivity contribution in [2.45, 2.75) is 6.61 Å². The van der Waals surface area contributed by atoms with Crippen molar-refractivity contribution in [2.75, 3.05) is 0 Å². The molecule has 0 radical (unpaired) electrons. The summed E-state index contributed by atoms with van der Waals surface area (Å²) in [6.07, 6.45) is 1.54. The van der Waals surface area contributed by atoms with Crippen molar-refractivity contribution >= 4 is 22.1 Å². The van der Waals surface area contributed by atoms with Gasteiger partial charge in [0.05, 0.1) is 6.21 Å². The lowest BCUT2D eigenvalue weighted by atomic mass is 10.2. The van der Waals surface area contributed by atoms with Crippen LogP contribution in [0.3, 0.4) is 0 Å². The first kappa shape index (κ1) is 13.5. The van der Waals surface area contributed by atoms with E-state index in [1.54, 1.807) is 24.3 Å². The number of hydrazone groups is 1. The number of benzene rings is 2. The molecule has 3 nitrogen and oxygen atoms in total. The molecule has 2 rings (SSSR count). The van der Waals surface area contributed by atoms with Gasteiger partial charge in [-0.3, -0.25) is 0 Å². The second kappa shape index (κ2) is 6.33. The Morgan fingerprint density at radius 2 is 1.95 bits per heavy atom. The minimum absolute atomic E-state index is 0.184. The topological polar surface area (TPSA) is 47.6 Å². The molecular formula is C14H12BrFN2O. The van der Waals surface area contributed by atoms with E-state index in [4.69, 9.17) is 10.6 Å². The molecule has 98 valence electrons. The predicted octanol–water partition coefficient (Wildman–Crippen LogP) is 3.46. The van der Waals surface area contributed by atoms with E-state index in [0.717, 1.165) is 5.56 Å². The summed E-state index contributed by atoms with van der Waals surface area (Å²) in [6, 6.07) is 12.1. The molecule has 0 saturated carbocycles. The van der Waals surface area contributed by atoms with Gasteiger partial charge in [-0.05, 0) is 42.0 Å². The first-order chi connectivity index (χ1) is 9.19. The summed E-state index contributed by atoms with van der Waals surface area (Å²) in [4.78, 5) is 0. The van der Waals surface area contributed by atoms with Gasteiger partial charge in [0.2, 0.25) is 0 Å². The van der Waals surface area contributed by atoms with Crippen molar-refractivity contribution in [3.63, 3.8) is 0 Å². The van der Waals surface area contributed by atoms with Crippen LogP contribution in [0.4, 0.5) is 4.39 Å². The number of hydrogen-bond acceptors (Lipinski definition) is 3. The zero-order chi connectivity index (χ0) is 13.7. The molecule has 0 aromatic heterocycles. The Morgan fingerprint density at radius 3 is 2.58 bits per heavy atom. The molecule has 0 bridgehead atoms. The Labute approximate surface area is 119 Å². The number of nitrogens with two attached hydrogens (primary N) is 1. The molecule has 19 heavy (non-hydrogen) atoms. The lowest BCUT2D eigenvalue weighted by Gasteiger charge is -2.07. The van der Waals surface area contributed by atoms with Gasteiger partial charge >= 0.3 is 0 Å². The molecule has 0 heterocycles. The quantitative estimate of drug-likeness (QED) is 0.532. The molecule has 0 spiro atoms. The summed E-state index contributed by atoms with van der Waals surface area (Å²) in [5, 5.41) is 3.43. The smallest absolute Gasteiger partial charge is 0.130 e. The van der Waals surface area contributed by atoms with Crippen LogP contribution in [0.15, 0.2) is 52.0 Å². The van der Waals surface area contributed by atoms with E-state index < -0.39 is 0 Å². The fraction of sp³-hybridized carbons (Fsp3) is 0.0714. The van der Waals surface area contributed by atoms with E-state index in [-0.39, 0.29) is 12.4 Å². The molecule has 0 aliphatic rings. The Bertz CT molecular complexity index is 584. The predicted molar refractivity (Wildman–Crippen MR) is 76.7 cm³/mol. The molecule has 0 aliphatic carbocycles. The monoisotopic (exact) mass is 322 g/mol. The highest BCUT2D eigenvalue weighted by molar-refractivity contribution is 9.10. The summed E-state index contributed by atoms with van der Waals surface area (Å²) in [6.45, 7) is 0.184. The van der Waals surface area contributed by atoms with Crippen LogP contribution in [-0.4, -0.2) is 6.21 Å². The summed E-state index contributed by atoms with van der Waals surface area (Å²) >= 11 is 3.21. The number of nitrogens with zero attached hydrogens (tertiary/aromatic N) is 1. The van der Waals surface area contributed by atoms with Gasteiger partial charge in [-0.2, -0.15) is 5.10 Å². The van der Waals surface area contributed by atoms with E-state index in [0.29, 0.717) is 15.8 Å². The largest absolute Gasteiger partial charge is 0.489 e. The van der Waals surface area contributed by atoms with Crippen LogP contribution in [0.25, 0.3) is 0 Å². The maximum absolute atomic E-state index is 13.6.